The Labute approximate surface area is 428 Å². The molecule has 1 aliphatic rings. The van der Waals surface area contributed by atoms with E-state index in [0.29, 0.717) is 38.6 Å². The summed E-state index contributed by atoms with van der Waals surface area (Å²) in [5.41, 5.74) is 38.5. The highest BCUT2D eigenvalue weighted by Crippen LogP contribution is 2.20. The molecule has 74 heavy (non-hydrogen) atoms. The summed E-state index contributed by atoms with van der Waals surface area (Å²) < 4.78 is 14.4. The molecule has 1 aromatic carbocycles. The maximum Gasteiger partial charge on any atom is 0.352 e. The van der Waals surface area contributed by atoms with Crippen molar-refractivity contribution in [1.82, 2.24) is 36.8 Å². The third-order valence-corrected chi connectivity index (χ3v) is 11.4. The van der Waals surface area contributed by atoms with Gasteiger partial charge in [-0.05, 0) is 108 Å². The number of unbranched alkanes of at least 4 members (excludes halogenated alkanes) is 2. The predicted octanol–water partition coefficient (Wildman–Crippen LogP) is -5.21. The molecular weight excluding hydrogens is 972 g/mol. The number of aliphatic imine (C=N–C) groups is 2. The van der Waals surface area contributed by atoms with Crippen molar-refractivity contribution in [2.24, 2.45) is 50.1 Å². The maximum atomic E-state index is 14.4. The summed E-state index contributed by atoms with van der Waals surface area (Å²) in [5.74, 6) is -9.36. The fourth-order valence-electron chi connectivity index (χ4n) is 7.40. The highest BCUT2D eigenvalue weighted by Gasteiger charge is 2.38. The number of halogens is 1. The van der Waals surface area contributed by atoms with Crippen molar-refractivity contribution in [3.63, 3.8) is 0 Å². The van der Waals surface area contributed by atoms with E-state index in [1.165, 1.54) is 36.1 Å². The number of amides is 8. The van der Waals surface area contributed by atoms with Crippen LogP contribution in [0.1, 0.15) is 83.1 Å². The van der Waals surface area contributed by atoms with Crippen molar-refractivity contribution in [1.29, 1.82) is 0 Å². The molecule has 7 atom stereocenters. The van der Waals surface area contributed by atoms with Gasteiger partial charge in [-0.15, -0.1) is 0 Å². The third-order valence-electron chi connectivity index (χ3n) is 11.4. The molecule has 22 N–H and O–H groups in total. The molecule has 0 aliphatic carbocycles. The van der Waals surface area contributed by atoms with Crippen LogP contribution in [0.15, 0.2) is 46.0 Å². The molecule has 0 radical (unpaired) electrons. The van der Waals surface area contributed by atoms with Gasteiger partial charge in [0, 0.05) is 26.1 Å². The Morgan fingerprint density at radius 1 is 0.838 bits per heavy atom. The lowest BCUT2D eigenvalue weighted by Gasteiger charge is -2.28. The van der Waals surface area contributed by atoms with Gasteiger partial charge in [0.2, 0.25) is 35.4 Å². The number of aliphatic hydroxyl groups is 1. The first kappa shape index (κ1) is 63.1. The Bertz CT molecular complexity index is 2180. The number of aliphatic hydroxyl groups excluding tert-OH is 1. The van der Waals surface area contributed by atoms with Crippen molar-refractivity contribution < 1.29 is 57.8 Å². The summed E-state index contributed by atoms with van der Waals surface area (Å²) in [6.45, 7) is 0.840. The monoisotopic (exact) mass is 1050 g/mol. The molecule has 0 unspecified atom stereocenters. The molecule has 0 spiro atoms. The van der Waals surface area contributed by atoms with Crippen LogP contribution in [-0.2, 0) is 49.6 Å². The number of aliphatic carboxylic acids is 1. The molecule has 412 valence electrons. The Morgan fingerprint density at radius 3 is 2.14 bits per heavy atom. The van der Waals surface area contributed by atoms with E-state index in [9.17, 15) is 57.8 Å². The minimum Gasteiger partial charge on any atom is -0.477 e. The number of hydrogen-bond donors (Lipinski definition) is 15. The number of hydrogen-bond acceptors (Lipinski definition) is 16. The molecule has 8 amide bonds. The zero-order chi connectivity index (χ0) is 55.3. The average molecular weight is 1050 g/mol. The molecule has 27 nitrogen and oxygen atoms in total. The van der Waals surface area contributed by atoms with Gasteiger partial charge in [0.05, 0.1) is 18.7 Å². The summed E-state index contributed by atoms with van der Waals surface area (Å²) in [6.07, 6.45) is 2.02. The van der Waals surface area contributed by atoms with E-state index in [4.69, 9.17) is 40.1 Å². The SMILES string of the molecule is C[C@H](NC(=O)[C@@H](NC(=O)[C@@H](N)CCCCN)[C@@H](O)CN)C(=O)NCC(=O)N=C(CCCN)C(=O)N1CCC[C@H]1C(=O)N[C@@H](Cc1cccc(F)c1)C(=O)N[C@@H](CCCCN)C(=O)N/C(=C\CCN=C(N)N)C(=O)O. The smallest absolute Gasteiger partial charge is 0.352 e. The van der Waals surface area contributed by atoms with E-state index in [0.717, 1.165) is 6.07 Å². The number of carboxylic acids is 1. The minimum absolute atomic E-state index is 0.00160. The molecule has 1 saturated heterocycles. The van der Waals surface area contributed by atoms with Gasteiger partial charge in [-0.1, -0.05) is 24.6 Å². The highest BCUT2D eigenvalue weighted by molar-refractivity contribution is 6.40. The van der Waals surface area contributed by atoms with Crippen LogP contribution in [0.2, 0.25) is 0 Å². The average Bonchev–Trinajstić information content (AvgIpc) is 3.86. The minimum atomic E-state index is -1.58. The number of benzene rings is 1. The zero-order valence-electron chi connectivity index (χ0n) is 41.7. The topological polar surface area (TPSA) is 476 Å². The maximum absolute atomic E-state index is 14.4. The number of likely N-dealkylation sites (tertiary alicyclic amines) is 1. The van der Waals surface area contributed by atoms with Gasteiger partial charge in [0.1, 0.15) is 47.4 Å². The lowest BCUT2D eigenvalue weighted by Crippen LogP contribution is -2.60. The lowest BCUT2D eigenvalue weighted by molar-refractivity contribution is -0.137. The van der Waals surface area contributed by atoms with Crippen molar-refractivity contribution in [3.8, 4) is 0 Å². The van der Waals surface area contributed by atoms with Crippen LogP contribution >= 0.6 is 0 Å². The van der Waals surface area contributed by atoms with Gasteiger partial charge < -0.3 is 87.1 Å². The number of rotatable bonds is 33. The summed E-state index contributed by atoms with van der Waals surface area (Å²) in [6, 6.07) is -2.75. The number of nitrogens with zero attached hydrogens (tertiary/aromatic N) is 3. The van der Waals surface area contributed by atoms with Crippen molar-refractivity contribution in [2.45, 2.75) is 126 Å². The van der Waals surface area contributed by atoms with Gasteiger partial charge in [-0.2, -0.15) is 0 Å². The van der Waals surface area contributed by atoms with Crippen LogP contribution in [0.25, 0.3) is 0 Å². The molecule has 2 rings (SSSR count). The van der Waals surface area contributed by atoms with Gasteiger partial charge in [-0.3, -0.25) is 43.3 Å². The second kappa shape index (κ2) is 33.7. The summed E-state index contributed by atoms with van der Waals surface area (Å²) in [7, 11) is 0. The van der Waals surface area contributed by atoms with Crippen LogP contribution in [0.4, 0.5) is 4.39 Å². The molecule has 0 aromatic heterocycles. The molecule has 1 heterocycles. The highest BCUT2D eigenvalue weighted by atomic mass is 19.1. The van der Waals surface area contributed by atoms with Gasteiger partial charge in [0.25, 0.3) is 11.8 Å². The number of guanidine groups is 1. The van der Waals surface area contributed by atoms with E-state index >= 15 is 0 Å². The second-order valence-corrected chi connectivity index (χ2v) is 17.4. The molecule has 1 aromatic rings. The number of carbonyl (C=O) groups excluding carboxylic acids is 8. The molecule has 1 fully saturated rings. The molecule has 0 bridgehead atoms. The molecule has 0 saturated carbocycles. The van der Waals surface area contributed by atoms with E-state index < -0.39 is 120 Å². The first-order valence-electron chi connectivity index (χ1n) is 24.4. The Kier molecular flexibility index (Phi) is 28.7. The fraction of sp³-hybridized carbons (Fsp3) is 0.587. The van der Waals surface area contributed by atoms with Gasteiger partial charge in [0.15, 0.2) is 5.96 Å². The quantitative estimate of drug-likeness (QED) is 0.0135. The van der Waals surface area contributed by atoms with E-state index in [1.54, 1.807) is 0 Å². The normalized spacial score (nSPS) is 16.1. The number of nitrogens with two attached hydrogens (primary N) is 7. The summed E-state index contributed by atoms with van der Waals surface area (Å²) in [4.78, 5) is 129. The van der Waals surface area contributed by atoms with Crippen LogP contribution in [0.3, 0.4) is 0 Å². The molecular formula is C46H75FN16O11. The second-order valence-electron chi connectivity index (χ2n) is 17.4. The van der Waals surface area contributed by atoms with Crippen LogP contribution in [0, 0.1) is 5.82 Å². The fourth-order valence-corrected chi connectivity index (χ4v) is 7.40. The summed E-state index contributed by atoms with van der Waals surface area (Å²) >= 11 is 0. The lowest BCUT2D eigenvalue weighted by atomic mass is 10.0. The van der Waals surface area contributed by atoms with E-state index in [2.05, 4.69) is 41.9 Å². The first-order valence-corrected chi connectivity index (χ1v) is 24.4. The standard InChI is InChI=1S/C46H75FN16O11/c1-26(57-43(71)37(35(64)24-51)62-39(67)29(52)12-2-4-17-48)38(66)56-25-36(65)58-31(14-7-19-50)44(72)63-21-9-16-34(63)42(70)61-33(23-27-10-6-11-28(47)22-27)41(69)59-30(13-3-5-18-49)40(68)60-32(45(73)74)15-8-20-55-46(53)54/h6,10-11,15,22,26,29-30,33-35,37,64H,2-5,7-9,12-14,16-21,23-25,48-52H2,1H3,(H,56,66)(H,57,71)(H,59,69)(H,60,68)(H,61,70)(H,62,67)(H,73,74)(H4,53,54,55)/b32-15-,58-31?/t26-,29-,30-,33-,34-,35-,37-/m0/s1. The van der Waals surface area contributed by atoms with E-state index in [-0.39, 0.29) is 88.4 Å². The molecule has 28 heteroatoms. The Hall–Kier alpha value is -6.98. The largest absolute Gasteiger partial charge is 0.477 e. The molecule has 1 aliphatic heterocycles. The number of nitrogens with one attached hydrogen (secondary N) is 6. The van der Waals surface area contributed by atoms with Crippen molar-refractivity contribution in [2.75, 3.05) is 45.8 Å². The van der Waals surface area contributed by atoms with E-state index in [1.807, 2.05) is 0 Å². The van der Waals surface area contributed by atoms with Gasteiger partial charge >= 0.3 is 5.97 Å². The van der Waals surface area contributed by atoms with Crippen LogP contribution < -0.4 is 72.0 Å². The Balaban J connectivity index is 2.30. The first-order chi connectivity index (χ1) is 35.2. The van der Waals surface area contributed by atoms with Crippen molar-refractivity contribution >= 4 is 64.9 Å². The van der Waals surface area contributed by atoms with Crippen molar-refractivity contribution in [3.05, 3.63) is 47.4 Å². The van der Waals surface area contributed by atoms with Crippen LogP contribution in [0.5, 0.6) is 0 Å². The predicted molar refractivity (Wildman–Crippen MR) is 270 cm³/mol. The summed E-state index contributed by atoms with van der Waals surface area (Å²) in [5, 5.41) is 34.7. The Morgan fingerprint density at radius 2 is 1.51 bits per heavy atom. The third kappa shape index (κ3) is 22.4. The number of carboxylic acid groups (broad SMARTS) is 1. The number of carbonyl (C=O) groups is 9. The van der Waals surface area contributed by atoms with Gasteiger partial charge in [-0.25, -0.2) is 14.2 Å². The zero-order valence-corrected chi connectivity index (χ0v) is 41.7. The van der Waals surface area contributed by atoms with Crippen LogP contribution in [-0.4, -0.2) is 168 Å².